The van der Waals surface area contributed by atoms with E-state index in [0.29, 0.717) is 18.2 Å². The summed E-state index contributed by atoms with van der Waals surface area (Å²) >= 11 is 0. The SMILES string of the molecule is CNC(CN1C[C@@H](C)O[C@@H](C)C1)C1CCCCC1. The van der Waals surface area contributed by atoms with Crippen molar-refractivity contribution in [1.82, 2.24) is 10.2 Å². The Morgan fingerprint density at radius 1 is 1.11 bits per heavy atom. The molecular formula is C15H30N2O. The minimum atomic E-state index is 0.387. The fraction of sp³-hybridized carbons (Fsp3) is 1.00. The predicted octanol–water partition coefficient (Wildman–Crippen LogP) is 2.26. The number of hydrogen-bond acceptors (Lipinski definition) is 3. The Morgan fingerprint density at radius 3 is 2.28 bits per heavy atom. The summed E-state index contributed by atoms with van der Waals surface area (Å²) in [4.78, 5) is 2.59. The molecule has 1 heterocycles. The predicted molar refractivity (Wildman–Crippen MR) is 75.9 cm³/mol. The molecule has 0 aromatic carbocycles. The van der Waals surface area contributed by atoms with Gasteiger partial charge in [-0.2, -0.15) is 0 Å². The second kappa shape index (κ2) is 6.88. The Morgan fingerprint density at radius 2 is 1.72 bits per heavy atom. The number of rotatable bonds is 4. The van der Waals surface area contributed by atoms with Crippen molar-refractivity contribution in [3.63, 3.8) is 0 Å². The highest BCUT2D eigenvalue weighted by Crippen LogP contribution is 2.27. The molecule has 1 saturated carbocycles. The first kappa shape index (κ1) is 14.3. The number of likely N-dealkylation sites (N-methyl/N-ethyl adjacent to an activating group) is 1. The van der Waals surface area contributed by atoms with Gasteiger partial charge in [0.05, 0.1) is 12.2 Å². The molecule has 106 valence electrons. The Bertz CT molecular complexity index is 231. The van der Waals surface area contributed by atoms with Gasteiger partial charge >= 0.3 is 0 Å². The quantitative estimate of drug-likeness (QED) is 0.833. The molecule has 0 aromatic heterocycles. The number of hydrogen-bond donors (Lipinski definition) is 1. The minimum absolute atomic E-state index is 0.387. The van der Waals surface area contributed by atoms with Gasteiger partial charge in [-0.05, 0) is 39.7 Å². The average Bonchev–Trinajstić information content (AvgIpc) is 2.36. The first-order valence-corrected chi connectivity index (χ1v) is 7.74. The Kier molecular flexibility index (Phi) is 5.46. The van der Waals surface area contributed by atoms with E-state index in [9.17, 15) is 0 Å². The fourth-order valence-electron chi connectivity index (χ4n) is 3.72. The van der Waals surface area contributed by atoms with E-state index in [4.69, 9.17) is 4.74 Å². The standard InChI is InChI=1S/C15H30N2O/c1-12-9-17(10-13(2)18-12)11-15(16-3)14-7-5-4-6-8-14/h12-16H,4-11H2,1-3H3/t12-,13+,15?. The van der Waals surface area contributed by atoms with E-state index in [1.54, 1.807) is 0 Å². The molecule has 2 rings (SSSR count). The maximum absolute atomic E-state index is 5.81. The van der Waals surface area contributed by atoms with E-state index < -0.39 is 0 Å². The van der Waals surface area contributed by atoms with Crippen molar-refractivity contribution in [3.8, 4) is 0 Å². The maximum atomic E-state index is 5.81. The summed E-state index contributed by atoms with van der Waals surface area (Å²) in [6.45, 7) is 7.76. The smallest absolute Gasteiger partial charge is 0.0678 e. The Balaban J connectivity index is 1.84. The number of morpholine rings is 1. The number of nitrogens with zero attached hydrogens (tertiary/aromatic N) is 1. The second-order valence-electron chi connectivity index (χ2n) is 6.27. The van der Waals surface area contributed by atoms with E-state index in [-0.39, 0.29) is 0 Å². The van der Waals surface area contributed by atoms with E-state index in [1.165, 1.54) is 38.6 Å². The zero-order valence-electron chi connectivity index (χ0n) is 12.3. The van der Waals surface area contributed by atoms with Crippen LogP contribution in [0.15, 0.2) is 0 Å². The highest BCUT2D eigenvalue weighted by molar-refractivity contribution is 4.83. The zero-order valence-corrected chi connectivity index (χ0v) is 12.3. The van der Waals surface area contributed by atoms with Crippen LogP contribution in [-0.2, 0) is 4.74 Å². The van der Waals surface area contributed by atoms with Gasteiger partial charge in [-0.15, -0.1) is 0 Å². The average molecular weight is 254 g/mol. The molecule has 1 saturated heterocycles. The van der Waals surface area contributed by atoms with Crippen molar-refractivity contribution in [2.75, 3.05) is 26.7 Å². The van der Waals surface area contributed by atoms with Crippen LogP contribution in [-0.4, -0.2) is 49.8 Å². The molecule has 0 aromatic rings. The third-order valence-corrected chi connectivity index (χ3v) is 4.54. The third-order valence-electron chi connectivity index (χ3n) is 4.54. The molecule has 1 N–H and O–H groups in total. The van der Waals surface area contributed by atoms with Gasteiger partial charge in [0.25, 0.3) is 0 Å². The van der Waals surface area contributed by atoms with Crippen LogP contribution in [0.1, 0.15) is 46.0 Å². The largest absolute Gasteiger partial charge is 0.373 e. The van der Waals surface area contributed by atoms with Crippen LogP contribution in [0, 0.1) is 5.92 Å². The van der Waals surface area contributed by atoms with Crippen LogP contribution >= 0.6 is 0 Å². The molecule has 1 aliphatic heterocycles. The lowest BCUT2D eigenvalue weighted by Crippen LogP contribution is -2.52. The highest BCUT2D eigenvalue weighted by atomic mass is 16.5. The molecule has 2 fully saturated rings. The fourth-order valence-corrected chi connectivity index (χ4v) is 3.72. The molecule has 0 bridgehead atoms. The summed E-state index contributed by atoms with van der Waals surface area (Å²) in [5.74, 6) is 0.886. The van der Waals surface area contributed by atoms with E-state index in [1.807, 2.05) is 0 Å². The zero-order chi connectivity index (χ0) is 13.0. The summed E-state index contributed by atoms with van der Waals surface area (Å²) in [5, 5.41) is 3.57. The third kappa shape index (κ3) is 3.94. The lowest BCUT2D eigenvalue weighted by atomic mass is 9.83. The second-order valence-corrected chi connectivity index (χ2v) is 6.27. The normalized spacial score (nSPS) is 33.5. The van der Waals surface area contributed by atoms with Gasteiger partial charge in [-0.1, -0.05) is 19.3 Å². The van der Waals surface area contributed by atoms with Gasteiger partial charge in [0.1, 0.15) is 0 Å². The lowest BCUT2D eigenvalue weighted by molar-refractivity contribution is -0.0714. The monoisotopic (exact) mass is 254 g/mol. The van der Waals surface area contributed by atoms with Crippen molar-refractivity contribution in [3.05, 3.63) is 0 Å². The van der Waals surface area contributed by atoms with Crippen molar-refractivity contribution in [2.24, 2.45) is 5.92 Å². The van der Waals surface area contributed by atoms with Crippen molar-refractivity contribution >= 4 is 0 Å². The number of ether oxygens (including phenoxy) is 1. The molecule has 1 unspecified atom stereocenters. The summed E-state index contributed by atoms with van der Waals surface area (Å²) in [6.07, 6.45) is 7.91. The van der Waals surface area contributed by atoms with Crippen LogP contribution in [0.4, 0.5) is 0 Å². The molecule has 0 spiro atoms. The molecule has 0 amide bonds. The van der Waals surface area contributed by atoms with Crippen LogP contribution in [0.3, 0.4) is 0 Å². The van der Waals surface area contributed by atoms with E-state index in [2.05, 4.69) is 31.1 Å². The van der Waals surface area contributed by atoms with Crippen molar-refractivity contribution in [2.45, 2.75) is 64.2 Å². The van der Waals surface area contributed by atoms with Gasteiger partial charge in [-0.3, -0.25) is 4.90 Å². The van der Waals surface area contributed by atoms with Gasteiger partial charge in [0, 0.05) is 25.7 Å². The van der Waals surface area contributed by atoms with Crippen molar-refractivity contribution in [1.29, 1.82) is 0 Å². The highest BCUT2D eigenvalue weighted by Gasteiger charge is 2.28. The molecular weight excluding hydrogens is 224 g/mol. The Hall–Kier alpha value is -0.120. The summed E-state index contributed by atoms with van der Waals surface area (Å²) in [7, 11) is 2.13. The molecule has 3 heteroatoms. The summed E-state index contributed by atoms with van der Waals surface area (Å²) < 4.78 is 5.81. The maximum Gasteiger partial charge on any atom is 0.0678 e. The van der Waals surface area contributed by atoms with E-state index >= 15 is 0 Å². The topological polar surface area (TPSA) is 24.5 Å². The molecule has 0 radical (unpaired) electrons. The molecule has 3 atom stereocenters. The van der Waals surface area contributed by atoms with Crippen LogP contribution < -0.4 is 5.32 Å². The van der Waals surface area contributed by atoms with Gasteiger partial charge in [0.2, 0.25) is 0 Å². The van der Waals surface area contributed by atoms with Crippen LogP contribution in [0.2, 0.25) is 0 Å². The van der Waals surface area contributed by atoms with E-state index in [0.717, 1.165) is 19.0 Å². The molecule has 18 heavy (non-hydrogen) atoms. The number of nitrogens with one attached hydrogen (secondary N) is 1. The van der Waals surface area contributed by atoms with Gasteiger partial charge < -0.3 is 10.1 Å². The summed E-state index contributed by atoms with van der Waals surface area (Å²) in [6, 6.07) is 0.669. The van der Waals surface area contributed by atoms with Crippen LogP contribution in [0.25, 0.3) is 0 Å². The van der Waals surface area contributed by atoms with Gasteiger partial charge in [0.15, 0.2) is 0 Å². The first-order chi connectivity index (χ1) is 8.69. The van der Waals surface area contributed by atoms with Gasteiger partial charge in [-0.25, -0.2) is 0 Å². The molecule has 3 nitrogen and oxygen atoms in total. The first-order valence-electron chi connectivity index (χ1n) is 7.74. The minimum Gasteiger partial charge on any atom is -0.373 e. The summed E-state index contributed by atoms with van der Waals surface area (Å²) in [5.41, 5.74) is 0. The van der Waals surface area contributed by atoms with Crippen molar-refractivity contribution < 1.29 is 4.74 Å². The molecule has 1 aliphatic carbocycles. The molecule has 2 aliphatic rings. The lowest BCUT2D eigenvalue weighted by Gasteiger charge is -2.39. The van der Waals surface area contributed by atoms with Crippen LogP contribution in [0.5, 0.6) is 0 Å². The Labute approximate surface area is 112 Å².